The lowest BCUT2D eigenvalue weighted by Crippen LogP contribution is -2.19. The molecule has 0 fully saturated rings. The van der Waals surface area contributed by atoms with Gasteiger partial charge in [-0.1, -0.05) is 33.1 Å². The second-order valence-corrected chi connectivity index (χ2v) is 4.91. The largest absolute Gasteiger partial charge is 0.382 e. The molecule has 2 heteroatoms. The van der Waals surface area contributed by atoms with Crippen LogP contribution in [0.15, 0.2) is 18.2 Å². The molecule has 98 valence electrons. The molecule has 1 unspecified atom stereocenters. The molecule has 0 aromatic heterocycles. The van der Waals surface area contributed by atoms with Crippen LogP contribution in [-0.4, -0.2) is 6.04 Å². The van der Waals surface area contributed by atoms with Gasteiger partial charge in [0.15, 0.2) is 0 Å². The molecule has 0 spiro atoms. The predicted octanol–water partition coefficient (Wildman–Crippen LogP) is 4.64. The Morgan fingerprint density at radius 3 is 2.56 bits per heavy atom. The summed E-state index contributed by atoms with van der Waals surface area (Å²) in [5, 5.41) is 12.5. The van der Waals surface area contributed by atoms with Crippen molar-refractivity contribution in [2.45, 2.75) is 58.9 Å². The van der Waals surface area contributed by atoms with E-state index in [2.05, 4.69) is 31.3 Å². The third-order valence-electron chi connectivity index (χ3n) is 3.26. The molecule has 0 radical (unpaired) electrons. The van der Waals surface area contributed by atoms with E-state index in [4.69, 9.17) is 5.26 Å². The Hall–Kier alpha value is -1.49. The molecule has 1 aromatic carbocycles. The Bertz CT molecular complexity index is 404. The highest BCUT2D eigenvalue weighted by molar-refractivity contribution is 5.52. The Balaban J connectivity index is 2.68. The predicted molar refractivity (Wildman–Crippen MR) is 77.7 cm³/mol. The number of nitrogens with one attached hydrogen (secondary N) is 1. The number of benzene rings is 1. The lowest BCUT2D eigenvalue weighted by molar-refractivity contribution is 0.564. The Kier molecular flexibility index (Phi) is 6.28. The normalized spacial score (nSPS) is 11.9. The maximum Gasteiger partial charge on any atom is 0.0994 e. The van der Waals surface area contributed by atoms with Crippen molar-refractivity contribution >= 4 is 5.69 Å². The Labute approximate surface area is 111 Å². The summed E-state index contributed by atoms with van der Waals surface area (Å²) in [5.74, 6) is 0. The molecule has 0 amide bonds. The van der Waals surface area contributed by atoms with E-state index in [0.29, 0.717) is 6.04 Å². The van der Waals surface area contributed by atoms with Crippen molar-refractivity contribution in [2.24, 2.45) is 0 Å². The minimum Gasteiger partial charge on any atom is -0.382 e. The number of nitriles is 1. The summed E-state index contributed by atoms with van der Waals surface area (Å²) in [7, 11) is 0. The SMILES string of the molecule is CCCCC(CCC)Nc1ccc(C#N)c(C)c1. The first kappa shape index (κ1) is 14.6. The fraction of sp³-hybridized carbons (Fsp3) is 0.562. The summed E-state index contributed by atoms with van der Waals surface area (Å²) in [6.45, 7) is 6.45. The van der Waals surface area contributed by atoms with Crippen LogP contribution in [0.5, 0.6) is 0 Å². The van der Waals surface area contributed by atoms with Crippen LogP contribution in [0.25, 0.3) is 0 Å². The summed E-state index contributed by atoms with van der Waals surface area (Å²) < 4.78 is 0. The second kappa shape index (κ2) is 7.76. The summed E-state index contributed by atoms with van der Waals surface area (Å²) in [6, 6.07) is 8.76. The molecule has 0 saturated carbocycles. The first-order valence-corrected chi connectivity index (χ1v) is 6.98. The summed E-state index contributed by atoms with van der Waals surface area (Å²) in [4.78, 5) is 0. The van der Waals surface area contributed by atoms with E-state index in [0.717, 1.165) is 16.8 Å². The average molecular weight is 244 g/mol. The quantitative estimate of drug-likeness (QED) is 0.758. The maximum atomic E-state index is 8.92. The van der Waals surface area contributed by atoms with Gasteiger partial charge in [0.25, 0.3) is 0 Å². The van der Waals surface area contributed by atoms with Gasteiger partial charge in [-0.25, -0.2) is 0 Å². The number of nitrogens with zero attached hydrogens (tertiary/aromatic N) is 1. The molecule has 2 nitrogen and oxygen atoms in total. The third-order valence-corrected chi connectivity index (χ3v) is 3.26. The molecule has 0 bridgehead atoms. The summed E-state index contributed by atoms with van der Waals surface area (Å²) >= 11 is 0. The molecular weight excluding hydrogens is 220 g/mol. The molecule has 0 aliphatic heterocycles. The van der Waals surface area contributed by atoms with Crippen LogP contribution < -0.4 is 5.32 Å². The van der Waals surface area contributed by atoms with E-state index in [1.165, 1.54) is 32.1 Å². The highest BCUT2D eigenvalue weighted by Gasteiger charge is 2.07. The number of unbranched alkanes of at least 4 members (excludes halogenated alkanes) is 1. The molecule has 0 heterocycles. The molecule has 1 atom stereocenters. The molecule has 18 heavy (non-hydrogen) atoms. The van der Waals surface area contributed by atoms with Crippen LogP contribution in [-0.2, 0) is 0 Å². The Morgan fingerprint density at radius 1 is 1.22 bits per heavy atom. The van der Waals surface area contributed by atoms with Gasteiger partial charge in [0.2, 0.25) is 0 Å². The third kappa shape index (κ3) is 4.41. The van der Waals surface area contributed by atoms with Gasteiger partial charge in [0.1, 0.15) is 0 Å². The van der Waals surface area contributed by atoms with Gasteiger partial charge in [-0.2, -0.15) is 5.26 Å². The van der Waals surface area contributed by atoms with Crippen LogP contribution in [0.2, 0.25) is 0 Å². The number of hydrogen-bond acceptors (Lipinski definition) is 2. The monoisotopic (exact) mass is 244 g/mol. The lowest BCUT2D eigenvalue weighted by Gasteiger charge is -2.19. The summed E-state index contributed by atoms with van der Waals surface area (Å²) in [5.41, 5.74) is 2.95. The van der Waals surface area contributed by atoms with Crippen molar-refractivity contribution in [3.63, 3.8) is 0 Å². The molecule has 1 N–H and O–H groups in total. The van der Waals surface area contributed by atoms with Crippen molar-refractivity contribution in [2.75, 3.05) is 5.32 Å². The molecule has 0 aliphatic rings. The van der Waals surface area contributed by atoms with Crippen molar-refractivity contribution in [1.29, 1.82) is 5.26 Å². The van der Waals surface area contributed by atoms with Gasteiger partial charge >= 0.3 is 0 Å². The molecule has 0 saturated heterocycles. The van der Waals surface area contributed by atoms with E-state index < -0.39 is 0 Å². The van der Waals surface area contributed by atoms with Gasteiger partial charge in [-0.15, -0.1) is 0 Å². The van der Waals surface area contributed by atoms with E-state index in [-0.39, 0.29) is 0 Å². The Morgan fingerprint density at radius 2 is 2.00 bits per heavy atom. The van der Waals surface area contributed by atoms with Crippen LogP contribution in [0.1, 0.15) is 57.1 Å². The van der Waals surface area contributed by atoms with Gasteiger partial charge < -0.3 is 5.32 Å². The molecule has 1 rings (SSSR count). The zero-order chi connectivity index (χ0) is 13.4. The van der Waals surface area contributed by atoms with Crippen LogP contribution in [0.4, 0.5) is 5.69 Å². The first-order valence-electron chi connectivity index (χ1n) is 6.98. The van der Waals surface area contributed by atoms with Crippen LogP contribution >= 0.6 is 0 Å². The number of rotatable bonds is 7. The van der Waals surface area contributed by atoms with E-state index in [9.17, 15) is 0 Å². The second-order valence-electron chi connectivity index (χ2n) is 4.91. The van der Waals surface area contributed by atoms with Gasteiger partial charge in [0, 0.05) is 11.7 Å². The summed E-state index contributed by atoms with van der Waals surface area (Å²) in [6.07, 6.45) is 6.15. The van der Waals surface area contributed by atoms with Crippen molar-refractivity contribution in [3.05, 3.63) is 29.3 Å². The van der Waals surface area contributed by atoms with Crippen molar-refractivity contribution in [3.8, 4) is 6.07 Å². The topological polar surface area (TPSA) is 35.8 Å². The van der Waals surface area contributed by atoms with Crippen LogP contribution in [0.3, 0.4) is 0 Å². The number of hydrogen-bond donors (Lipinski definition) is 1. The molecular formula is C16H24N2. The number of aryl methyl sites for hydroxylation is 1. The standard InChI is InChI=1S/C16H24N2/c1-4-6-8-15(7-5-2)18-16-10-9-14(12-17)13(3)11-16/h9-11,15,18H,4-8H2,1-3H3. The highest BCUT2D eigenvalue weighted by atomic mass is 14.9. The zero-order valence-electron chi connectivity index (χ0n) is 11.8. The van der Waals surface area contributed by atoms with Gasteiger partial charge in [-0.3, -0.25) is 0 Å². The van der Waals surface area contributed by atoms with E-state index in [1.807, 2.05) is 19.1 Å². The molecule has 0 aliphatic carbocycles. The lowest BCUT2D eigenvalue weighted by atomic mass is 10.0. The van der Waals surface area contributed by atoms with Gasteiger partial charge in [-0.05, 0) is 43.5 Å². The highest BCUT2D eigenvalue weighted by Crippen LogP contribution is 2.18. The minimum absolute atomic E-state index is 0.558. The fourth-order valence-electron chi connectivity index (χ4n) is 2.20. The number of anilines is 1. The fourth-order valence-corrected chi connectivity index (χ4v) is 2.20. The minimum atomic E-state index is 0.558. The van der Waals surface area contributed by atoms with E-state index >= 15 is 0 Å². The smallest absolute Gasteiger partial charge is 0.0994 e. The van der Waals surface area contributed by atoms with Gasteiger partial charge in [0.05, 0.1) is 11.6 Å². The zero-order valence-corrected chi connectivity index (χ0v) is 11.8. The maximum absolute atomic E-state index is 8.92. The van der Waals surface area contributed by atoms with Crippen molar-refractivity contribution < 1.29 is 0 Å². The first-order chi connectivity index (χ1) is 8.71. The van der Waals surface area contributed by atoms with E-state index in [1.54, 1.807) is 0 Å². The van der Waals surface area contributed by atoms with Crippen molar-refractivity contribution in [1.82, 2.24) is 0 Å². The molecule has 1 aromatic rings. The van der Waals surface area contributed by atoms with Crippen LogP contribution in [0, 0.1) is 18.3 Å². The average Bonchev–Trinajstić information content (AvgIpc) is 2.36.